The van der Waals surface area contributed by atoms with Crippen molar-refractivity contribution in [1.82, 2.24) is 4.90 Å². The molecule has 1 amide bonds. The minimum Gasteiger partial charge on any atom is -0.369 e. The molecule has 2 aliphatic rings. The molecule has 2 aliphatic heterocycles. The van der Waals surface area contributed by atoms with Crippen LogP contribution in [0.15, 0.2) is 48.5 Å². The molecule has 1 saturated heterocycles. The second-order valence-corrected chi connectivity index (χ2v) is 7.31. The lowest BCUT2D eigenvalue weighted by Gasteiger charge is -2.37. The number of amides is 1. The van der Waals surface area contributed by atoms with E-state index in [-0.39, 0.29) is 16.5 Å². The third-order valence-corrected chi connectivity index (χ3v) is 5.57. The van der Waals surface area contributed by atoms with Crippen LogP contribution in [0.1, 0.15) is 12.0 Å². The van der Waals surface area contributed by atoms with E-state index < -0.39 is 0 Å². The van der Waals surface area contributed by atoms with Crippen LogP contribution >= 0.6 is 0 Å². The van der Waals surface area contributed by atoms with Gasteiger partial charge in [0.2, 0.25) is 5.91 Å². The Morgan fingerprint density at radius 2 is 1.68 bits per heavy atom. The Balaban J connectivity index is 1.33. The second kappa shape index (κ2) is 7.98. The fourth-order valence-corrected chi connectivity index (χ4v) is 4.02. The van der Waals surface area contributed by atoms with Crippen molar-refractivity contribution in [3.05, 3.63) is 64.2 Å². The molecule has 2 aromatic carbocycles. The molecule has 0 aromatic heterocycles. The van der Waals surface area contributed by atoms with E-state index in [1.807, 2.05) is 23.1 Å². The van der Waals surface area contributed by atoms with E-state index in [1.54, 1.807) is 24.3 Å². The number of aryl methyl sites for hydroxylation is 1. The molecule has 0 aliphatic carbocycles. The van der Waals surface area contributed by atoms with Crippen molar-refractivity contribution < 1.29 is 9.72 Å². The van der Waals surface area contributed by atoms with Crippen molar-refractivity contribution >= 4 is 23.0 Å². The highest BCUT2D eigenvalue weighted by Gasteiger charge is 2.25. The normalized spacial score (nSPS) is 17.3. The first-order chi connectivity index (χ1) is 13.6. The van der Waals surface area contributed by atoms with E-state index in [0.717, 1.165) is 56.9 Å². The van der Waals surface area contributed by atoms with Gasteiger partial charge in [0, 0.05) is 56.2 Å². The quantitative estimate of drug-likeness (QED) is 0.603. The van der Waals surface area contributed by atoms with Gasteiger partial charge in [0.05, 0.1) is 11.5 Å². The van der Waals surface area contributed by atoms with Gasteiger partial charge in [-0.15, -0.1) is 0 Å². The number of nitro benzene ring substituents is 1. The Kier molecular flexibility index (Phi) is 5.25. The zero-order chi connectivity index (χ0) is 19.5. The average Bonchev–Trinajstić information content (AvgIpc) is 2.74. The average molecular weight is 380 g/mol. The summed E-state index contributed by atoms with van der Waals surface area (Å²) in [5, 5.41) is 10.8. The fourth-order valence-electron chi connectivity index (χ4n) is 4.02. The molecule has 0 spiro atoms. The number of nitro groups is 1. The summed E-state index contributed by atoms with van der Waals surface area (Å²) < 4.78 is 0. The Morgan fingerprint density at radius 3 is 2.39 bits per heavy atom. The first-order valence-corrected chi connectivity index (χ1v) is 9.72. The molecule has 0 saturated carbocycles. The van der Waals surface area contributed by atoms with Crippen molar-refractivity contribution in [3.8, 4) is 0 Å². The van der Waals surface area contributed by atoms with Gasteiger partial charge in [-0.1, -0.05) is 18.2 Å². The van der Waals surface area contributed by atoms with Crippen molar-refractivity contribution in [2.45, 2.75) is 12.8 Å². The number of non-ortho nitro benzene ring substituents is 1. The Bertz CT molecular complexity index is 860. The summed E-state index contributed by atoms with van der Waals surface area (Å²) in [6.45, 7) is 4.45. The van der Waals surface area contributed by atoms with Crippen LogP contribution in [0.4, 0.5) is 17.1 Å². The topological polar surface area (TPSA) is 69.9 Å². The van der Waals surface area contributed by atoms with Gasteiger partial charge in [0.1, 0.15) is 0 Å². The molecule has 28 heavy (non-hydrogen) atoms. The third-order valence-electron chi connectivity index (χ3n) is 5.57. The molecule has 0 bridgehead atoms. The molecular weight excluding hydrogens is 356 g/mol. The number of hydrogen-bond acceptors (Lipinski definition) is 5. The minimum atomic E-state index is -0.383. The van der Waals surface area contributed by atoms with E-state index in [2.05, 4.69) is 15.9 Å². The summed E-state index contributed by atoms with van der Waals surface area (Å²) in [6, 6.07) is 14.8. The SMILES string of the molecule is O=C(CN1CCN(c2ccc([N+](=O)[O-])cc2)CC1)N1CCCc2ccccc21. The molecule has 1 fully saturated rings. The molecule has 2 aromatic rings. The van der Waals surface area contributed by atoms with Gasteiger partial charge < -0.3 is 9.80 Å². The van der Waals surface area contributed by atoms with E-state index in [0.29, 0.717) is 6.54 Å². The van der Waals surface area contributed by atoms with Gasteiger partial charge in [0.25, 0.3) is 5.69 Å². The lowest BCUT2D eigenvalue weighted by atomic mass is 10.0. The third kappa shape index (κ3) is 3.84. The zero-order valence-corrected chi connectivity index (χ0v) is 15.8. The Morgan fingerprint density at radius 1 is 0.964 bits per heavy atom. The van der Waals surface area contributed by atoms with Crippen LogP contribution in [-0.2, 0) is 11.2 Å². The van der Waals surface area contributed by atoms with Crippen molar-refractivity contribution in [1.29, 1.82) is 0 Å². The van der Waals surface area contributed by atoms with E-state index in [4.69, 9.17) is 0 Å². The van der Waals surface area contributed by atoms with Crippen LogP contribution in [-0.4, -0.2) is 55.0 Å². The lowest BCUT2D eigenvalue weighted by Crippen LogP contribution is -2.50. The van der Waals surface area contributed by atoms with Crippen LogP contribution in [0.5, 0.6) is 0 Å². The standard InChI is InChI=1S/C21H24N4O3/c26-21(24-11-3-5-17-4-1-2-6-20(17)24)16-22-12-14-23(15-13-22)18-7-9-19(10-8-18)25(27)28/h1-2,4,6-10H,3,5,11-16H2. The predicted molar refractivity (Wildman–Crippen MR) is 109 cm³/mol. The maximum atomic E-state index is 12.9. The van der Waals surface area contributed by atoms with Crippen LogP contribution in [0.25, 0.3) is 0 Å². The van der Waals surface area contributed by atoms with E-state index in [9.17, 15) is 14.9 Å². The Labute approximate surface area is 164 Å². The number of para-hydroxylation sites is 1. The summed E-state index contributed by atoms with van der Waals surface area (Å²) in [5.74, 6) is 0.163. The molecule has 7 nitrogen and oxygen atoms in total. The van der Waals surface area contributed by atoms with Crippen LogP contribution in [0.3, 0.4) is 0 Å². The van der Waals surface area contributed by atoms with Gasteiger partial charge in [-0.2, -0.15) is 0 Å². The molecule has 4 rings (SSSR count). The van der Waals surface area contributed by atoms with Crippen molar-refractivity contribution in [3.63, 3.8) is 0 Å². The number of hydrogen-bond donors (Lipinski definition) is 0. The van der Waals surface area contributed by atoms with Crippen LogP contribution in [0, 0.1) is 10.1 Å². The van der Waals surface area contributed by atoms with Crippen molar-refractivity contribution in [2.75, 3.05) is 49.1 Å². The fraction of sp³-hybridized carbons (Fsp3) is 0.381. The zero-order valence-electron chi connectivity index (χ0n) is 15.8. The van der Waals surface area contributed by atoms with Gasteiger partial charge in [-0.25, -0.2) is 0 Å². The summed E-state index contributed by atoms with van der Waals surface area (Å²) in [7, 11) is 0. The predicted octanol–water partition coefficient (Wildman–Crippen LogP) is 2.70. The summed E-state index contributed by atoms with van der Waals surface area (Å²) in [6.07, 6.45) is 2.05. The van der Waals surface area contributed by atoms with Gasteiger partial charge >= 0.3 is 0 Å². The first-order valence-electron chi connectivity index (χ1n) is 9.72. The van der Waals surface area contributed by atoms with E-state index >= 15 is 0 Å². The highest BCUT2D eigenvalue weighted by atomic mass is 16.6. The number of anilines is 2. The Hall–Kier alpha value is -2.93. The number of benzene rings is 2. The number of carbonyl (C=O) groups is 1. The highest BCUT2D eigenvalue weighted by molar-refractivity contribution is 5.96. The lowest BCUT2D eigenvalue weighted by molar-refractivity contribution is -0.384. The largest absolute Gasteiger partial charge is 0.369 e. The molecular formula is C21H24N4O3. The second-order valence-electron chi connectivity index (χ2n) is 7.31. The molecule has 7 heteroatoms. The smallest absolute Gasteiger partial charge is 0.269 e. The molecule has 0 N–H and O–H groups in total. The maximum Gasteiger partial charge on any atom is 0.269 e. The molecule has 0 radical (unpaired) electrons. The monoisotopic (exact) mass is 380 g/mol. The summed E-state index contributed by atoms with van der Waals surface area (Å²) in [4.78, 5) is 29.6. The van der Waals surface area contributed by atoms with Crippen LogP contribution < -0.4 is 9.80 Å². The van der Waals surface area contributed by atoms with Crippen LogP contribution in [0.2, 0.25) is 0 Å². The maximum absolute atomic E-state index is 12.9. The number of nitrogens with zero attached hydrogens (tertiary/aromatic N) is 4. The number of rotatable bonds is 4. The molecule has 0 unspecified atom stereocenters. The number of piperazine rings is 1. The number of carbonyl (C=O) groups excluding carboxylic acids is 1. The van der Waals surface area contributed by atoms with Gasteiger partial charge in [-0.3, -0.25) is 19.8 Å². The first kappa shape index (κ1) is 18.4. The number of fused-ring (bicyclic) bond motifs is 1. The van der Waals surface area contributed by atoms with E-state index in [1.165, 1.54) is 5.56 Å². The highest BCUT2D eigenvalue weighted by Crippen LogP contribution is 2.27. The van der Waals surface area contributed by atoms with Crippen molar-refractivity contribution in [2.24, 2.45) is 0 Å². The summed E-state index contributed by atoms with van der Waals surface area (Å²) in [5.41, 5.74) is 3.41. The van der Waals surface area contributed by atoms with Gasteiger partial charge in [0.15, 0.2) is 0 Å². The summed E-state index contributed by atoms with van der Waals surface area (Å²) >= 11 is 0. The van der Waals surface area contributed by atoms with Gasteiger partial charge in [-0.05, 0) is 36.6 Å². The molecule has 2 heterocycles. The minimum absolute atomic E-state index is 0.106. The molecule has 146 valence electrons. The molecule has 0 atom stereocenters.